The number of nitrogens with one attached hydrogen (secondary N) is 1. The molecule has 0 aliphatic heterocycles. The van der Waals surface area contributed by atoms with Crippen molar-refractivity contribution >= 4 is 45.7 Å². The largest absolute Gasteiger partial charge is 0.493 e. The molecular weight excluding hydrogens is 346 g/mol. The first-order valence-electron chi connectivity index (χ1n) is 6.28. The number of anilines is 1. The average molecular weight is 360 g/mol. The molecule has 0 aliphatic rings. The van der Waals surface area contributed by atoms with Crippen LogP contribution in [0, 0.1) is 0 Å². The summed E-state index contributed by atoms with van der Waals surface area (Å²) in [6.07, 6.45) is 0. The summed E-state index contributed by atoms with van der Waals surface area (Å²) in [5.41, 5.74) is 0.350. The molecule has 0 bridgehead atoms. The van der Waals surface area contributed by atoms with Gasteiger partial charge in [-0.15, -0.1) is 10.2 Å². The van der Waals surface area contributed by atoms with E-state index in [-0.39, 0.29) is 5.91 Å². The van der Waals surface area contributed by atoms with E-state index in [1.54, 1.807) is 17.8 Å². The van der Waals surface area contributed by atoms with Crippen molar-refractivity contribution in [2.45, 2.75) is 11.3 Å². The number of benzene rings is 1. The van der Waals surface area contributed by atoms with E-state index in [4.69, 9.17) is 21.1 Å². The van der Waals surface area contributed by atoms with Crippen molar-refractivity contribution in [3.63, 3.8) is 0 Å². The van der Waals surface area contributed by atoms with Gasteiger partial charge in [-0.3, -0.25) is 10.1 Å². The molecule has 1 amide bonds. The number of methoxy groups -OCH3 is 2. The molecule has 0 atom stereocenters. The molecule has 22 heavy (non-hydrogen) atoms. The molecule has 0 unspecified atom stereocenters. The zero-order chi connectivity index (χ0) is 16.1. The highest BCUT2D eigenvalue weighted by Crippen LogP contribution is 2.36. The fourth-order valence-electron chi connectivity index (χ4n) is 1.66. The Kier molecular flexibility index (Phi) is 5.87. The highest BCUT2D eigenvalue weighted by Gasteiger charge is 2.16. The Morgan fingerprint density at radius 1 is 1.36 bits per heavy atom. The van der Waals surface area contributed by atoms with Crippen molar-refractivity contribution in [3.8, 4) is 11.5 Å². The second kappa shape index (κ2) is 7.66. The Morgan fingerprint density at radius 3 is 2.77 bits per heavy atom. The molecule has 0 spiro atoms. The van der Waals surface area contributed by atoms with Gasteiger partial charge in [0.15, 0.2) is 15.8 Å². The van der Waals surface area contributed by atoms with Crippen LogP contribution in [0.4, 0.5) is 5.13 Å². The van der Waals surface area contributed by atoms with Gasteiger partial charge >= 0.3 is 0 Å². The van der Waals surface area contributed by atoms with Crippen LogP contribution >= 0.6 is 34.7 Å². The van der Waals surface area contributed by atoms with E-state index in [2.05, 4.69) is 15.5 Å². The number of hydrogen-bond acceptors (Lipinski definition) is 7. The first-order chi connectivity index (χ1) is 10.6. The third kappa shape index (κ3) is 3.82. The third-order valence-corrected chi connectivity index (χ3v) is 4.73. The number of aromatic nitrogens is 2. The summed E-state index contributed by atoms with van der Waals surface area (Å²) < 4.78 is 11.1. The van der Waals surface area contributed by atoms with Crippen molar-refractivity contribution in [2.24, 2.45) is 0 Å². The van der Waals surface area contributed by atoms with Crippen LogP contribution in [0.3, 0.4) is 0 Å². The maximum absolute atomic E-state index is 12.3. The SMILES string of the molecule is CCSc1nnc(NC(=O)c2cc(Cl)c(OC)c(OC)c2)s1. The molecule has 2 rings (SSSR count). The van der Waals surface area contributed by atoms with Crippen LogP contribution in [0.15, 0.2) is 16.5 Å². The summed E-state index contributed by atoms with van der Waals surface area (Å²) in [5, 5.41) is 11.3. The van der Waals surface area contributed by atoms with Crippen LogP contribution < -0.4 is 14.8 Å². The van der Waals surface area contributed by atoms with E-state index < -0.39 is 0 Å². The van der Waals surface area contributed by atoms with Crippen molar-refractivity contribution in [1.82, 2.24) is 10.2 Å². The maximum atomic E-state index is 12.3. The minimum atomic E-state index is -0.341. The molecule has 9 heteroatoms. The Bertz CT molecular complexity index is 679. The normalized spacial score (nSPS) is 10.4. The Balaban J connectivity index is 2.20. The number of thioether (sulfide) groups is 1. The number of halogens is 1. The van der Waals surface area contributed by atoms with Crippen LogP contribution in [-0.2, 0) is 0 Å². The van der Waals surface area contributed by atoms with Gasteiger partial charge in [-0.05, 0) is 17.9 Å². The molecular formula is C13H14ClN3O3S2. The first-order valence-corrected chi connectivity index (χ1v) is 8.46. The molecule has 0 saturated carbocycles. The maximum Gasteiger partial charge on any atom is 0.257 e. The lowest BCUT2D eigenvalue weighted by Crippen LogP contribution is -2.12. The number of nitrogens with zero attached hydrogens (tertiary/aromatic N) is 2. The number of amides is 1. The highest BCUT2D eigenvalue weighted by molar-refractivity contribution is 8.01. The molecule has 0 saturated heterocycles. The molecule has 1 N–H and O–H groups in total. The fraction of sp³-hybridized carbons (Fsp3) is 0.308. The van der Waals surface area contributed by atoms with Gasteiger partial charge in [0, 0.05) is 5.56 Å². The molecule has 1 aromatic carbocycles. The molecule has 1 heterocycles. The lowest BCUT2D eigenvalue weighted by molar-refractivity contribution is 0.102. The van der Waals surface area contributed by atoms with Gasteiger partial charge in [-0.2, -0.15) is 0 Å². The van der Waals surface area contributed by atoms with Gasteiger partial charge < -0.3 is 9.47 Å². The van der Waals surface area contributed by atoms with Crippen molar-refractivity contribution in [2.75, 3.05) is 25.3 Å². The fourth-order valence-corrected chi connectivity index (χ4v) is 3.59. The summed E-state index contributed by atoms with van der Waals surface area (Å²) >= 11 is 8.98. The summed E-state index contributed by atoms with van der Waals surface area (Å²) in [7, 11) is 2.96. The highest BCUT2D eigenvalue weighted by atomic mass is 35.5. The number of ether oxygens (including phenoxy) is 2. The van der Waals surface area contributed by atoms with E-state index >= 15 is 0 Å². The van der Waals surface area contributed by atoms with Crippen molar-refractivity contribution in [3.05, 3.63) is 22.7 Å². The molecule has 2 aromatic rings. The minimum absolute atomic E-state index is 0.298. The van der Waals surface area contributed by atoms with Gasteiger partial charge in [0.1, 0.15) is 0 Å². The lowest BCUT2D eigenvalue weighted by Gasteiger charge is -2.11. The second-order valence-electron chi connectivity index (χ2n) is 3.95. The van der Waals surface area contributed by atoms with Crippen LogP contribution in [-0.4, -0.2) is 36.1 Å². The van der Waals surface area contributed by atoms with Gasteiger partial charge in [0.05, 0.1) is 19.2 Å². The molecule has 6 nitrogen and oxygen atoms in total. The van der Waals surface area contributed by atoms with Gasteiger partial charge in [0.2, 0.25) is 5.13 Å². The molecule has 1 aromatic heterocycles. The van der Waals surface area contributed by atoms with Crippen molar-refractivity contribution < 1.29 is 14.3 Å². The average Bonchev–Trinajstić information content (AvgIpc) is 2.93. The standard InChI is InChI=1S/C13H14ClN3O3S2/c1-4-21-13-17-16-12(22-13)15-11(18)7-5-8(14)10(20-3)9(6-7)19-2/h5-6H,4H2,1-3H3,(H,15,16,18). The number of carbonyl (C=O) groups is 1. The summed E-state index contributed by atoms with van der Waals surface area (Å²) in [6, 6.07) is 3.07. The number of rotatable bonds is 6. The smallest absolute Gasteiger partial charge is 0.257 e. The Labute approximate surface area is 141 Å². The predicted molar refractivity (Wildman–Crippen MR) is 88.8 cm³/mol. The quantitative estimate of drug-likeness (QED) is 0.627. The van der Waals surface area contributed by atoms with E-state index in [1.165, 1.54) is 31.6 Å². The lowest BCUT2D eigenvalue weighted by atomic mass is 10.2. The summed E-state index contributed by atoms with van der Waals surface area (Å²) in [5.74, 6) is 1.33. The Hall–Kier alpha value is -1.51. The second-order valence-corrected chi connectivity index (χ2v) is 6.85. The summed E-state index contributed by atoms with van der Waals surface area (Å²) in [6.45, 7) is 2.02. The van der Waals surface area contributed by atoms with E-state index in [1.807, 2.05) is 6.92 Å². The zero-order valence-corrected chi connectivity index (χ0v) is 14.6. The number of hydrogen-bond donors (Lipinski definition) is 1. The molecule has 0 radical (unpaired) electrons. The number of carbonyl (C=O) groups excluding carboxylic acids is 1. The zero-order valence-electron chi connectivity index (χ0n) is 12.2. The van der Waals surface area contributed by atoms with Crippen LogP contribution in [0.1, 0.15) is 17.3 Å². The minimum Gasteiger partial charge on any atom is -0.493 e. The van der Waals surface area contributed by atoms with Gasteiger partial charge in [-0.25, -0.2) is 0 Å². The Morgan fingerprint density at radius 2 is 2.14 bits per heavy atom. The topological polar surface area (TPSA) is 73.3 Å². The molecule has 0 aliphatic carbocycles. The molecule has 118 valence electrons. The van der Waals surface area contributed by atoms with Gasteiger partial charge in [-0.1, -0.05) is 41.6 Å². The predicted octanol–water partition coefficient (Wildman–Crippen LogP) is 3.57. The van der Waals surface area contributed by atoms with E-state index in [0.29, 0.717) is 27.2 Å². The van der Waals surface area contributed by atoms with E-state index in [0.717, 1.165) is 10.1 Å². The van der Waals surface area contributed by atoms with Gasteiger partial charge in [0.25, 0.3) is 5.91 Å². The van der Waals surface area contributed by atoms with E-state index in [9.17, 15) is 4.79 Å². The van der Waals surface area contributed by atoms with Crippen LogP contribution in [0.25, 0.3) is 0 Å². The van der Waals surface area contributed by atoms with Crippen molar-refractivity contribution in [1.29, 1.82) is 0 Å². The monoisotopic (exact) mass is 359 g/mol. The third-order valence-electron chi connectivity index (χ3n) is 2.59. The summed E-state index contributed by atoms with van der Waals surface area (Å²) in [4.78, 5) is 12.3. The first kappa shape index (κ1) is 16.9. The van der Waals surface area contributed by atoms with Crippen LogP contribution in [0.2, 0.25) is 5.02 Å². The molecule has 0 fully saturated rings. The van der Waals surface area contributed by atoms with Crippen LogP contribution in [0.5, 0.6) is 11.5 Å².